The summed E-state index contributed by atoms with van der Waals surface area (Å²) in [6, 6.07) is 32.2. The number of benzene rings is 4. The Balaban J connectivity index is 1.39. The molecule has 1 heterocycles. The fraction of sp³-hybridized carbons (Fsp3) is 0.167. The Kier molecular flexibility index (Phi) is 6.97. The molecule has 37 heavy (non-hydrogen) atoms. The molecule has 1 atom stereocenters. The van der Waals surface area contributed by atoms with Crippen LogP contribution in [0.5, 0.6) is 0 Å². The first-order valence-corrected chi connectivity index (χ1v) is 13.7. The monoisotopic (exact) mass is 512 g/mol. The van der Waals surface area contributed by atoms with E-state index in [0.717, 1.165) is 27.8 Å². The number of anilines is 1. The third kappa shape index (κ3) is 5.67. The zero-order chi connectivity index (χ0) is 25.8. The van der Waals surface area contributed by atoms with Crippen molar-refractivity contribution in [3.05, 3.63) is 120 Å². The molecule has 4 aromatic rings. The zero-order valence-corrected chi connectivity index (χ0v) is 21.1. The molecular formula is C30H28N2O4S. The highest BCUT2D eigenvalue weighted by atomic mass is 32.2. The number of rotatable bonds is 6. The highest BCUT2D eigenvalue weighted by molar-refractivity contribution is 7.92. The predicted molar refractivity (Wildman–Crippen MR) is 145 cm³/mol. The Bertz CT molecular complexity index is 1490. The van der Waals surface area contributed by atoms with Crippen LogP contribution < -0.4 is 4.72 Å². The maximum atomic E-state index is 13.1. The summed E-state index contributed by atoms with van der Waals surface area (Å²) in [6.45, 7) is 0.765. The number of carboxylic acid groups (broad SMARTS) is 1. The van der Waals surface area contributed by atoms with Crippen LogP contribution in [-0.2, 0) is 22.9 Å². The van der Waals surface area contributed by atoms with Crippen LogP contribution in [0.1, 0.15) is 22.6 Å². The molecule has 0 bridgehead atoms. The quantitative estimate of drug-likeness (QED) is 0.331. The van der Waals surface area contributed by atoms with E-state index in [1.54, 1.807) is 30.3 Å². The summed E-state index contributed by atoms with van der Waals surface area (Å²) >= 11 is 0. The van der Waals surface area contributed by atoms with E-state index >= 15 is 0 Å². The van der Waals surface area contributed by atoms with Gasteiger partial charge in [-0.25, -0.2) is 13.2 Å². The minimum absolute atomic E-state index is 0.0211. The van der Waals surface area contributed by atoms with Crippen LogP contribution in [-0.4, -0.2) is 37.6 Å². The van der Waals surface area contributed by atoms with Crippen molar-refractivity contribution >= 4 is 21.8 Å². The molecule has 4 aromatic carbocycles. The number of fused-ring (bicyclic) bond motifs is 1. The minimum atomic E-state index is -3.79. The van der Waals surface area contributed by atoms with Crippen LogP contribution in [0.3, 0.4) is 0 Å². The largest absolute Gasteiger partial charge is 0.465 e. The highest BCUT2D eigenvalue weighted by Gasteiger charge is 2.26. The van der Waals surface area contributed by atoms with Crippen molar-refractivity contribution in [1.82, 2.24) is 4.90 Å². The molecule has 5 rings (SSSR count). The summed E-state index contributed by atoms with van der Waals surface area (Å²) in [5, 5.41) is 9.69. The molecule has 7 heteroatoms. The number of carbonyl (C=O) groups is 1. The van der Waals surface area contributed by atoms with Crippen molar-refractivity contribution in [3.63, 3.8) is 0 Å². The highest BCUT2D eigenvalue weighted by Crippen LogP contribution is 2.32. The van der Waals surface area contributed by atoms with Crippen molar-refractivity contribution in [2.24, 2.45) is 0 Å². The summed E-state index contributed by atoms with van der Waals surface area (Å²) < 4.78 is 29.0. The molecule has 1 aliphatic heterocycles. The van der Waals surface area contributed by atoms with Gasteiger partial charge in [0.25, 0.3) is 10.0 Å². The normalized spacial score (nSPS) is 15.5. The molecule has 0 fully saturated rings. The summed E-state index contributed by atoms with van der Waals surface area (Å²) in [4.78, 5) is 13.4. The lowest BCUT2D eigenvalue weighted by atomic mass is 9.88. The van der Waals surface area contributed by atoms with Gasteiger partial charge in [0.05, 0.1) is 4.90 Å². The number of hydrogen-bond donors (Lipinski definition) is 2. The number of nitrogens with zero attached hydrogens (tertiary/aromatic N) is 1. The average Bonchev–Trinajstić information content (AvgIpc) is 3.09. The topological polar surface area (TPSA) is 86.7 Å². The standard InChI is InChI=1S/C30H28N2O4S/c33-30(34)32-18-17-25-20-27(13-16-29(25)26(21-32)19-22-7-3-1-4-8-22)31-37(35,36)28-14-11-24(12-15-28)23-9-5-2-6-10-23/h1-16,20,26,31H,17-19,21H2,(H,33,34). The van der Waals surface area contributed by atoms with Gasteiger partial charge in [-0.05, 0) is 64.9 Å². The fourth-order valence-corrected chi connectivity index (χ4v) is 5.96. The van der Waals surface area contributed by atoms with Gasteiger partial charge < -0.3 is 10.0 Å². The van der Waals surface area contributed by atoms with Crippen molar-refractivity contribution in [2.75, 3.05) is 17.8 Å². The van der Waals surface area contributed by atoms with Crippen LogP contribution in [0.4, 0.5) is 10.5 Å². The molecule has 6 nitrogen and oxygen atoms in total. The Hall–Kier alpha value is -4.10. The van der Waals surface area contributed by atoms with E-state index < -0.39 is 16.1 Å². The summed E-state index contributed by atoms with van der Waals surface area (Å²) in [5.41, 5.74) is 5.58. The minimum Gasteiger partial charge on any atom is -0.465 e. The van der Waals surface area contributed by atoms with Gasteiger partial charge >= 0.3 is 6.09 Å². The Morgan fingerprint density at radius 1 is 0.865 bits per heavy atom. The summed E-state index contributed by atoms with van der Waals surface area (Å²) in [7, 11) is -3.79. The van der Waals surface area contributed by atoms with E-state index in [-0.39, 0.29) is 10.8 Å². The molecule has 1 amide bonds. The fourth-order valence-electron chi connectivity index (χ4n) is 4.91. The van der Waals surface area contributed by atoms with Gasteiger partial charge in [-0.1, -0.05) is 78.9 Å². The number of amides is 1. The maximum Gasteiger partial charge on any atom is 0.407 e. The maximum absolute atomic E-state index is 13.1. The molecule has 1 aliphatic rings. The van der Waals surface area contributed by atoms with Crippen LogP contribution in [0.25, 0.3) is 11.1 Å². The first-order valence-electron chi connectivity index (χ1n) is 12.2. The van der Waals surface area contributed by atoms with Crippen LogP contribution in [0.2, 0.25) is 0 Å². The third-order valence-corrected chi connectivity index (χ3v) is 8.19. The Morgan fingerprint density at radius 3 is 2.19 bits per heavy atom. The third-order valence-electron chi connectivity index (χ3n) is 6.79. The van der Waals surface area contributed by atoms with E-state index in [4.69, 9.17) is 0 Å². The van der Waals surface area contributed by atoms with Crippen LogP contribution in [0.15, 0.2) is 108 Å². The van der Waals surface area contributed by atoms with E-state index in [1.807, 2.05) is 72.8 Å². The number of sulfonamides is 1. The molecule has 0 aliphatic carbocycles. The van der Waals surface area contributed by atoms with E-state index in [2.05, 4.69) is 4.72 Å². The van der Waals surface area contributed by atoms with Gasteiger partial charge in [-0.3, -0.25) is 4.72 Å². The Morgan fingerprint density at radius 2 is 1.51 bits per heavy atom. The lowest BCUT2D eigenvalue weighted by molar-refractivity contribution is 0.144. The molecular weight excluding hydrogens is 484 g/mol. The van der Waals surface area contributed by atoms with Gasteiger partial charge in [0.1, 0.15) is 0 Å². The van der Waals surface area contributed by atoms with Crippen molar-refractivity contribution < 1.29 is 18.3 Å². The summed E-state index contributed by atoms with van der Waals surface area (Å²) in [6.07, 6.45) is 0.288. The molecule has 0 saturated heterocycles. The molecule has 2 N–H and O–H groups in total. The van der Waals surface area contributed by atoms with Gasteiger partial charge in [0.15, 0.2) is 0 Å². The van der Waals surface area contributed by atoms with Crippen molar-refractivity contribution in [3.8, 4) is 11.1 Å². The lowest BCUT2D eigenvalue weighted by Crippen LogP contribution is -2.33. The molecule has 1 unspecified atom stereocenters. The molecule has 188 valence electrons. The van der Waals surface area contributed by atoms with Crippen molar-refractivity contribution in [2.45, 2.75) is 23.7 Å². The smallest absolute Gasteiger partial charge is 0.407 e. The van der Waals surface area contributed by atoms with Crippen LogP contribution in [0, 0.1) is 0 Å². The molecule has 0 aromatic heterocycles. The zero-order valence-electron chi connectivity index (χ0n) is 20.2. The van der Waals surface area contributed by atoms with E-state index in [0.29, 0.717) is 31.6 Å². The van der Waals surface area contributed by atoms with Crippen LogP contribution >= 0.6 is 0 Å². The van der Waals surface area contributed by atoms with Crippen molar-refractivity contribution in [1.29, 1.82) is 0 Å². The average molecular weight is 513 g/mol. The van der Waals surface area contributed by atoms with E-state index in [9.17, 15) is 18.3 Å². The Labute approximate surface area is 217 Å². The lowest BCUT2D eigenvalue weighted by Gasteiger charge is -2.23. The van der Waals surface area contributed by atoms with E-state index in [1.165, 1.54) is 4.90 Å². The second kappa shape index (κ2) is 10.5. The number of nitrogens with one attached hydrogen (secondary N) is 1. The molecule has 0 spiro atoms. The van der Waals surface area contributed by atoms with Gasteiger partial charge in [-0.15, -0.1) is 0 Å². The second-order valence-electron chi connectivity index (χ2n) is 9.27. The first-order chi connectivity index (χ1) is 17.9. The molecule has 0 saturated carbocycles. The van der Waals surface area contributed by atoms with Gasteiger partial charge in [0, 0.05) is 24.7 Å². The van der Waals surface area contributed by atoms with Gasteiger partial charge in [-0.2, -0.15) is 0 Å². The molecule has 0 radical (unpaired) electrons. The van der Waals surface area contributed by atoms with Gasteiger partial charge in [0.2, 0.25) is 0 Å². The SMILES string of the molecule is O=C(O)N1CCc2cc(NS(=O)(=O)c3ccc(-c4ccccc4)cc3)ccc2C(Cc2ccccc2)C1. The second-order valence-corrected chi connectivity index (χ2v) is 11.0. The first kappa shape index (κ1) is 24.6. The predicted octanol–water partition coefficient (Wildman–Crippen LogP) is 6.02. The number of hydrogen-bond acceptors (Lipinski definition) is 3. The summed E-state index contributed by atoms with van der Waals surface area (Å²) in [5.74, 6) is -0.0211.